The normalized spacial score (nSPS) is 10.4. The van der Waals surface area contributed by atoms with Crippen LogP contribution in [0.25, 0.3) is 0 Å². The van der Waals surface area contributed by atoms with Gasteiger partial charge in [0.1, 0.15) is 0 Å². The van der Waals surface area contributed by atoms with Gasteiger partial charge in [0.2, 0.25) is 5.76 Å². The molecule has 0 aromatic carbocycles. The van der Waals surface area contributed by atoms with Crippen molar-refractivity contribution in [1.29, 1.82) is 0 Å². The number of aliphatic hydroxyl groups excluding tert-OH is 1. The largest absolute Gasteiger partial charge is 0.475 e. The zero-order chi connectivity index (χ0) is 10.4. The molecule has 0 amide bonds. The van der Waals surface area contributed by atoms with Crippen molar-refractivity contribution in [2.75, 3.05) is 13.2 Å². The van der Waals surface area contributed by atoms with Gasteiger partial charge in [-0.05, 0) is 19.0 Å². The number of nitrogens with one attached hydrogen (secondary N) is 1. The highest BCUT2D eigenvalue weighted by molar-refractivity contribution is 5.86. The Labute approximate surface area is 81.4 Å². The Morgan fingerprint density at radius 3 is 3.00 bits per heavy atom. The Hall–Kier alpha value is -1.33. The number of hydrogen-bond acceptors (Lipinski definition) is 4. The lowest BCUT2D eigenvalue weighted by Crippen LogP contribution is -2.16. The van der Waals surface area contributed by atoms with Crippen molar-refractivity contribution in [1.82, 2.24) is 5.32 Å². The second-order valence-corrected chi connectivity index (χ2v) is 2.83. The van der Waals surface area contributed by atoms with Crippen molar-refractivity contribution in [3.8, 4) is 0 Å². The Bertz CT molecular complexity index is 295. The van der Waals surface area contributed by atoms with Crippen LogP contribution < -0.4 is 5.32 Å². The van der Waals surface area contributed by atoms with E-state index in [0.29, 0.717) is 25.1 Å². The number of aromatic carboxylic acids is 1. The summed E-state index contributed by atoms with van der Waals surface area (Å²) in [4.78, 5) is 10.6. The molecule has 0 aliphatic heterocycles. The maximum atomic E-state index is 10.6. The molecule has 0 aliphatic rings. The third-order valence-electron chi connectivity index (χ3n) is 1.77. The first-order valence-corrected chi connectivity index (χ1v) is 4.37. The third kappa shape index (κ3) is 2.86. The minimum Gasteiger partial charge on any atom is -0.475 e. The molecule has 78 valence electrons. The lowest BCUT2D eigenvalue weighted by atomic mass is 10.2. The van der Waals surface area contributed by atoms with Crippen LogP contribution in [0.2, 0.25) is 0 Å². The molecule has 1 rings (SSSR count). The zero-order valence-corrected chi connectivity index (χ0v) is 7.69. The molecule has 1 aromatic rings. The van der Waals surface area contributed by atoms with Crippen LogP contribution in [-0.2, 0) is 6.54 Å². The summed E-state index contributed by atoms with van der Waals surface area (Å²) in [7, 11) is 0. The van der Waals surface area contributed by atoms with Crippen molar-refractivity contribution in [3.63, 3.8) is 0 Å². The fourth-order valence-corrected chi connectivity index (χ4v) is 1.09. The highest BCUT2D eigenvalue weighted by atomic mass is 16.4. The molecule has 14 heavy (non-hydrogen) atoms. The van der Waals surface area contributed by atoms with Gasteiger partial charge in [0.05, 0.1) is 6.26 Å². The molecule has 0 unspecified atom stereocenters. The van der Waals surface area contributed by atoms with Gasteiger partial charge in [-0.25, -0.2) is 4.79 Å². The first-order chi connectivity index (χ1) is 6.75. The Balaban J connectivity index is 2.42. The van der Waals surface area contributed by atoms with Gasteiger partial charge in [-0.2, -0.15) is 0 Å². The van der Waals surface area contributed by atoms with Crippen LogP contribution in [0.4, 0.5) is 0 Å². The van der Waals surface area contributed by atoms with Crippen LogP contribution in [0.3, 0.4) is 0 Å². The van der Waals surface area contributed by atoms with Crippen molar-refractivity contribution in [3.05, 3.63) is 23.7 Å². The van der Waals surface area contributed by atoms with Gasteiger partial charge in [-0.15, -0.1) is 0 Å². The summed E-state index contributed by atoms with van der Waals surface area (Å²) in [5, 5.41) is 20.2. The van der Waals surface area contributed by atoms with Gasteiger partial charge in [0.15, 0.2) is 0 Å². The van der Waals surface area contributed by atoms with E-state index in [2.05, 4.69) is 5.32 Å². The summed E-state index contributed by atoms with van der Waals surface area (Å²) in [6.07, 6.45) is 2.01. The smallest absolute Gasteiger partial charge is 0.372 e. The van der Waals surface area contributed by atoms with Crippen molar-refractivity contribution >= 4 is 5.97 Å². The first-order valence-electron chi connectivity index (χ1n) is 4.37. The van der Waals surface area contributed by atoms with Crippen LogP contribution in [0.15, 0.2) is 16.7 Å². The average Bonchev–Trinajstić information content (AvgIpc) is 2.60. The molecule has 0 bridgehead atoms. The van der Waals surface area contributed by atoms with Crippen LogP contribution in [0.1, 0.15) is 22.5 Å². The molecule has 0 saturated heterocycles. The molecular weight excluding hydrogens is 186 g/mol. The van der Waals surface area contributed by atoms with E-state index in [1.807, 2.05) is 0 Å². The number of carboxylic acids is 1. The number of rotatable bonds is 6. The number of hydrogen-bond donors (Lipinski definition) is 3. The van der Waals surface area contributed by atoms with E-state index in [9.17, 15) is 4.79 Å². The first kappa shape index (κ1) is 10.7. The number of furan rings is 1. The van der Waals surface area contributed by atoms with Gasteiger partial charge in [-0.3, -0.25) is 0 Å². The summed E-state index contributed by atoms with van der Waals surface area (Å²) >= 11 is 0. The second kappa shape index (κ2) is 5.41. The van der Waals surface area contributed by atoms with E-state index in [1.54, 1.807) is 6.07 Å². The van der Waals surface area contributed by atoms with Gasteiger partial charge >= 0.3 is 5.97 Å². The van der Waals surface area contributed by atoms with E-state index >= 15 is 0 Å². The Kier molecular flexibility index (Phi) is 4.15. The summed E-state index contributed by atoms with van der Waals surface area (Å²) < 4.78 is 4.79. The average molecular weight is 199 g/mol. The molecule has 0 atom stereocenters. The predicted octanol–water partition coefficient (Wildman–Crippen LogP) is 0.450. The van der Waals surface area contributed by atoms with E-state index in [4.69, 9.17) is 14.6 Å². The van der Waals surface area contributed by atoms with E-state index in [1.165, 1.54) is 6.26 Å². The van der Waals surface area contributed by atoms with Gasteiger partial charge in [0, 0.05) is 18.7 Å². The second-order valence-electron chi connectivity index (χ2n) is 2.83. The molecule has 0 saturated carbocycles. The monoisotopic (exact) mass is 199 g/mol. The molecule has 1 aromatic heterocycles. The lowest BCUT2D eigenvalue weighted by molar-refractivity contribution is 0.0660. The minimum atomic E-state index is -1.06. The third-order valence-corrected chi connectivity index (χ3v) is 1.77. The fraction of sp³-hybridized carbons (Fsp3) is 0.444. The lowest BCUT2D eigenvalue weighted by Gasteiger charge is -2.01. The minimum absolute atomic E-state index is 0.0264. The van der Waals surface area contributed by atoms with Crippen molar-refractivity contribution < 1.29 is 19.4 Å². The Morgan fingerprint density at radius 2 is 2.36 bits per heavy atom. The molecule has 3 N–H and O–H groups in total. The van der Waals surface area contributed by atoms with Crippen LogP contribution in [0.5, 0.6) is 0 Å². The number of carbonyl (C=O) groups is 1. The fourth-order valence-electron chi connectivity index (χ4n) is 1.09. The van der Waals surface area contributed by atoms with Gasteiger partial charge in [0.25, 0.3) is 0 Å². The van der Waals surface area contributed by atoms with Gasteiger partial charge in [-0.1, -0.05) is 0 Å². The van der Waals surface area contributed by atoms with E-state index < -0.39 is 5.97 Å². The molecule has 0 aliphatic carbocycles. The molecule has 1 heterocycles. The maximum absolute atomic E-state index is 10.6. The van der Waals surface area contributed by atoms with Crippen molar-refractivity contribution in [2.24, 2.45) is 0 Å². The van der Waals surface area contributed by atoms with Crippen molar-refractivity contribution in [2.45, 2.75) is 13.0 Å². The predicted molar refractivity (Wildman–Crippen MR) is 49.1 cm³/mol. The number of aliphatic hydroxyl groups is 1. The molecule has 0 spiro atoms. The molecule has 0 radical (unpaired) electrons. The molecule has 5 nitrogen and oxygen atoms in total. The molecular formula is C9H13NO4. The maximum Gasteiger partial charge on any atom is 0.372 e. The number of carboxylic acid groups (broad SMARTS) is 1. The summed E-state index contributed by atoms with van der Waals surface area (Å²) in [5.41, 5.74) is 0.621. The van der Waals surface area contributed by atoms with Crippen LogP contribution in [-0.4, -0.2) is 29.3 Å². The van der Waals surface area contributed by atoms with E-state index in [-0.39, 0.29) is 12.4 Å². The zero-order valence-electron chi connectivity index (χ0n) is 7.69. The molecule has 5 heteroatoms. The summed E-state index contributed by atoms with van der Waals surface area (Å²) in [6, 6.07) is 1.62. The molecule has 0 fully saturated rings. The summed E-state index contributed by atoms with van der Waals surface area (Å²) in [5.74, 6) is -1.09. The SMILES string of the molecule is O=C(O)c1occc1CNCCCO. The van der Waals surface area contributed by atoms with Crippen LogP contribution in [0, 0.1) is 0 Å². The topological polar surface area (TPSA) is 82.7 Å². The van der Waals surface area contributed by atoms with Gasteiger partial charge < -0.3 is 19.9 Å². The summed E-state index contributed by atoms with van der Waals surface area (Å²) in [6.45, 7) is 1.23. The quantitative estimate of drug-likeness (QED) is 0.579. The highest BCUT2D eigenvalue weighted by Gasteiger charge is 2.12. The standard InChI is InChI=1S/C9H13NO4/c11-4-1-3-10-6-7-2-5-14-8(7)9(12)13/h2,5,10-11H,1,3-4,6H2,(H,12,13). The van der Waals surface area contributed by atoms with E-state index in [0.717, 1.165) is 0 Å². The highest BCUT2D eigenvalue weighted by Crippen LogP contribution is 2.09. The Morgan fingerprint density at radius 1 is 1.57 bits per heavy atom. The van der Waals surface area contributed by atoms with Crippen LogP contribution >= 0.6 is 0 Å².